The first-order valence-electron chi connectivity index (χ1n) is 7.40. The molecule has 1 saturated carbocycles. The smallest absolute Gasteiger partial charge is 0.143 e. The van der Waals surface area contributed by atoms with Crippen molar-refractivity contribution in [1.29, 1.82) is 0 Å². The third kappa shape index (κ3) is 3.41. The van der Waals surface area contributed by atoms with Crippen LogP contribution in [-0.4, -0.2) is 5.78 Å². The van der Waals surface area contributed by atoms with Gasteiger partial charge >= 0.3 is 0 Å². The zero-order valence-electron chi connectivity index (χ0n) is 12.2. The summed E-state index contributed by atoms with van der Waals surface area (Å²) in [6.07, 6.45) is 5.25. The first-order chi connectivity index (χ1) is 9.43. The molecule has 0 N–H and O–H groups in total. The number of benzene rings is 1. The molecule has 0 atom stereocenters. The van der Waals surface area contributed by atoms with E-state index in [9.17, 15) is 9.18 Å². The molecule has 0 radical (unpaired) electrons. The maximum absolute atomic E-state index is 13.8. The standard InChI is InChI=1S/C17H22ClFO/c1-12(2)11-17(7-3-4-8-17)16(20)9-13-5-6-14(18)10-15(13)19/h5-6,10,12H,3-4,7-9,11H2,1-2H3. The molecule has 0 amide bonds. The van der Waals surface area contributed by atoms with Crippen LogP contribution in [0.4, 0.5) is 4.39 Å². The molecule has 1 nitrogen and oxygen atoms in total. The highest BCUT2D eigenvalue weighted by Crippen LogP contribution is 2.44. The van der Waals surface area contributed by atoms with Gasteiger partial charge in [-0.2, -0.15) is 0 Å². The Hall–Kier alpha value is -0.890. The largest absolute Gasteiger partial charge is 0.299 e. The Morgan fingerprint density at radius 2 is 2.00 bits per heavy atom. The third-order valence-corrected chi connectivity index (χ3v) is 4.55. The topological polar surface area (TPSA) is 17.1 Å². The number of carbonyl (C=O) groups is 1. The molecule has 110 valence electrons. The van der Waals surface area contributed by atoms with Crippen molar-refractivity contribution in [2.45, 2.75) is 52.4 Å². The minimum absolute atomic E-state index is 0.190. The van der Waals surface area contributed by atoms with E-state index in [1.165, 1.54) is 6.07 Å². The van der Waals surface area contributed by atoms with E-state index in [1.807, 2.05) is 0 Å². The van der Waals surface area contributed by atoms with E-state index in [0.717, 1.165) is 32.1 Å². The predicted octanol–water partition coefficient (Wildman–Crippen LogP) is 5.20. The van der Waals surface area contributed by atoms with Gasteiger partial charge in [0.2, 0.25) is 0 Å². The molecule has 1 aliphatic carbocycles. The first kappa shape index (κ1) is 15.5. The lowest BCUT2D eigenvalue weighted by atomic mass is 9.73. The maximum Gasteiger partial charge on any atom is 0.143 e. The SMILES string of the molecule is CC(C)CC1(C(=O)Cc2ccc(Cl)cc2F)CCCC1. The quantitative estimate of drug-likeness (QED) is 0.730. The molecule has 2 rings (SSSR count). The molecule has 1 aromatic carbocycles. The van der Waals surface area contributed by atoms with E-state index >= 15 is 0 Å². The molecular weight excluding hydrogens is 275 g/mol. The molecule has 0 saturated heterocycles. The van der Waals surface area contributed by atoms with E-state index in [2.05, 4.69) is 13.8 Å². The average molecular weight is 297 g/mol. The maximum atomic E-state index is 13.8. The fourth-order valence-corrected chi connectivity index (χ4v) is 3.61. The van der Waals surface area contributed by atoms with Crippen LogP contribution in [0.15, 0.2) is 18.2 Å². The first-order valence-corrected chi connectivity index (χ1v) is 7.78. The summed E-state index contributed by atoms with van der Waals surface area (Å²) in [5, 5.41) is 0.372. The van der Waals surface area contributed by atoms with Crippen LogP contribution in [0, 0.1) is 17.2 Å². The van der Waals surface area contributed by atoms with E-state index in [1.54, 1.807) is 12.1 Å². The summed E-state index contributed by atoms with van der Waals surface area (Å²) >= 11 is 5.75. The average Bonchev–Trinajstić information content (AvgIpc) is 2.81. The summed E-state index contributed by atoms with van der Waals surface area (Å²) < 4.78 is 13.8. The highest BCUT2D eigenvalue weighted by Gasteiger charge is 2.40. The minimum atomic E-state index is -0.372. The van der Waals surface area contributed by atoms with Gasteiger partial charge in [0.1, 0.15) is 11.6 Å². The Labute approximate surface area is 125 Å². The number of hydrogen-bond acceptors (Lipinski definition) is 1. The van der Waals surface area contributed by atoms with Crippen LogP contribution in [0.25, 0.3) is 0 Å². The molecule has 0 spiro atoms. The number of Topliss-reactive ketones (excluding diaryl/α,β-unsaturated/α-hetero) is 1. The predicted molar refractivity (Wildman–Crippen MR) is 80.5 cm³/mol. The lowest BCUT2D eigenvalue weighted by Gasteiger charge is -2.29. The van der Waals surface area contributed by atoms with Crippen LogP contribution in [0.3, 0.4) is 0 Å². The Balaban J connectivity index is 2.16. The number of ketones is 1. The fraction of sp³-hybridized carbons (Fsp3) is 0.588. The van der Waals surface area contributed by atoms with Crippen LogP contribution in [0.2, 0.25) is 5.02 Å². The molecule has 1 aliphatic rings. The van der Waals surface area contributed by atoms with Crippen molar-refractivity contribution in [2.75, 3.05) is 0 Å². The van der Waals surface area contributed by atoms with E-state index in [4.69, 9.17) is 11.6 Å². The lowest BCUT2D eigenvalue weighted by Crippen LogP contribution is -2.31. The molecule has 1 aromatic rings. The normalized spacial score (nSPS) is 17.6. The van der Waals surface area contributed by atoms with Crippen molar-refractivity contribution >= 4 is 17.4 Å². The summed E-state index contributed by atoms with van der Waals surface area (Å²) in [5.74, 6) is 0.320. The van der Waals surface area contributed by atoms with Crippen LogP contribution >= 0.6 is 11.6 Å². The van der Waals surface area contributed by atoms with Gasteiger partial charge in [-0.3, -0.25) is 4.79 Å². The second-order valence-electron chi connectivity index (χ2n) is 6.42. The van der Waals surface area contributed by atoms with Gasteiger partial charge in [-0.25, -0.2) is 4.39 Å². The van der Waals surface area contributed by atoms with Crippen LogP contribution in [0.1, 0.15) is 51.5 Å². The highest BCUT2D eigenvalue weighted by molar-refractivity contribution is 6.30. The van der Waals surface area contributed by atoms with E-state index in [-0.39, 0.29) is 23.4 Å². The zero-order chi connectivity index (χ0) is 14.8. The lowest BCUT2D eigenvalue weighted by molar-refractivity contribution is -0.128. The molecule has 0 heterocycles. The molecule has 20 heavy (non-hydrogen) atoms. The summed E-state index contributed by atoms with van der Waals surface area (Å²) in [5.41, 5.74) is 0.245. The van der Waals surface area contributed by atoms with Crippen molar-refractivity contribution in [3.8, 4) is 0 Å². The van der Waals surface area contributed by atoms with Crippen LogP contribution < -0.4 is 0 Å². The molecule has 0 aliphatic heterocycles. The Bertz CT molecular complexity index is 490. The Morgan fingerprint density at radius 3 is 2.55 bits per heavy atom. The monoisotopic (exact) mass is 296 g/mol. The van der Waals surface area contributed by atoms with Gasteiger partial charge in [-0.1, -0.05) is 44.4 Å². The summed E-state index contributed by atoms with van der Waals surface area (Å²) in [7, 11) is 0. The third-order valence-electron chi connectivity index (χ3n) is 4.32. The molecule has 0 bridgehead atoms. The fourth-order valence-electron chi connectivity index (χ4n) is 3.46. The number of rotatable bonds is 5. The van der Waals surface area contributed by atoms with Gasteiger partial charge in [0, 0.05) is 16.9 Å². The molecule has 0 unspecified atom stereocenters. The van der Waals surface area contributed by atoms with Gasteiger partial charge in [0.15, 0.2) is 0 Å². The minimum Gasteiger partial charge on any atom is -0.299 e. The second kappa shape index (κ2) is 6.26. The van der Waals surface area contributed by atoms with Crippen molar-refractivity contribution in [3.63, 3.8) is 0 Å². The number of carbonyl (C=O) groups excluding carboxylic acids is 1. The van der Waals surface area contributed by atoms with Crippen LogP contribution in [-0.2, 0) is 11.2 Å². The van der Waals surface area contributed by atoms with Crippen LogP contribution in [0.5, 0.6) is 0 Å². The molecular formula is C17H22ClFO. The molecule has 1 fully saturated rings. The zero-order valence-corrected chi connectivity index (χ0v) is 13.0. The summed E-state index contributed by atoms with van der Waals surface area (Å²) in [6.45, 7) is 4.30. The van der Waals surface area contributed by atoms with Gasteiger partial charge in [-0.05, 0) is 42.9 Å². The highest BCUT2D eigenvalue weighted by atomic mass is 35.5. The van der Waals surface area contributed by atoms with E-state index < -0.39 is 0 Å². The van der Waals surface area contributed by atoms with Crippen molar-refractivity contribution in [3.05, 3.63) is 34.6 Å². The Morgan fingerprint density at radius 1 is 1.35 bits per heavy atom. The van der Waals surface area contributed by atoms with Gasteiger partial charge in [-0.15, -0.1) is 0 Å². The molecule has 3 heteroatoms. The summed E-state index contributed by atoms with van der Waals surface area (Å²) in [6, 6.07) is 4.57. The van der Waals surface area contributed by atoms with E-state index in [0.29, 0.717) is 16.5 Å². The Kier molecular flexibility index (Phi) is 4.85. The van der Waals surface area contributed by atoms with Crippen molar-refractivity contribution < 1.29 is 9.18 Å². The van der Waals surface area contributed by atoms with Crippen molar-refractivity contribution in [1.82, 2.24) is 0 Å². The van der Waals surface area contributed by atoms with Gasteiger partial charge in [0.05, 0.1) is 0 Å². The summed E-state index contributed by atoms with van der Waals surface area (Å²) in [4.78, 5) is 12.7. The second-order valence-corrected chi connectivity index (χ2v) is 6.86. The van der Waals surface area contributed by atoms with Gasteiger partial charge in [0.25, 0.3) is 0 Å². The van der Waals surface area contributed by atoms with Crippen molar-refractivity contribution in [2.24, 2.45) is 11.3 Å². The number of hydrogen-bond donors (Lipinski definition) is 0. The molecule has 0 aromatic heterocycles. The van der Waals surface area contributed by atoms with Gasteiger partial charge < -0.3 is 0 Å². The number of halogens is 2.